The molecule has 0 bridgehead atoms. The van der Waals surface area contributed by atoms with E-state index in [9.17, 15) is 8.78 Å². The zero-order valence-electron chi connectivity index (χ0n) is 19.0. The molecule has 10 heteroatoms. The van der Waals surface area contributed by atoms with Crippen molar-refractivity contribution in [1.82, 2.24) is 14.9 Å². The topological polar surface area (TPSA) is 103 Å². The Morgan fingerprint density at radius 1 is 1.12 bits per heavy atom. The fraction of sp³-hybridized carbons (Fsp3) is 0.261. The number of hydrogen-bond acceptors (Lipinski definition) is 8. The summed E-state index contributed by atoms with van der Waals surface area (Å²) in [7, 11) is 3.91. The predicted octanol–water partition coefficient (Wildman–Crippen LogP) is 4.79. The Morgan fingerprint density at radius 2 is 1.88 bits per heavy atom. The molecule has 0 saturated carbocycles. The van der Waals surface area contributed by atoms with Crippen molar-refractivity contribution in [2.75, 3.05) is 43.0 Å². The molecule has 1 heterocycles. The number of anilines is 3. The SMILES string of the molecule is CC(=N)c1c(N)nc(-c2ccc(NSc3cc(C)ccc3F)c(F)c2)nc1NCCN(C)C. The summed E-state index contributed by atoms with van der Waals surface area (Å²) in [4.78, 5) is 11.2. The van der Waals surface area contributed by atoms with E-state index in [0.29, 0.717) is 28.4 Å². The van der Waals surface area contributed by atoms with Gasteiger partial charge < -0.3 is 26.1 Å². The molecule has 0 saturated heterocycles. The van der Waals surface area contributed by atoms with Crippen LogP contribution in [0.1, 0.15) is 18.1 Å². The minimum Gasteiger partial charge on any atom is -0.383 e. The van der Waals surface area contributed by atoms with E-state index in [0.717, 1.165) is 24.1 Å². The molecule has 0 aliphatic carbocycles. The summed E-state index contributed by atoms with van der Waals surface area (Å²) in [6.45, 7) is 4.82. The predicted molar refractivity (Wildman–Crippen MR) is 132 cm³/mol. The van der Waals surface area contributed by atoms with Gasteiger partial charge in [-0.05, 0) is 75.8 Å². The second-order valence-corrected chi connectivity index (χ2v) is 8.69. The zero-order chi connectivity index (χ0) is 24.1. The van der Waals surface area contributed by atoms with Gasteiger partial charge in [-0.2, -0.15) is 0 Å². The summed E-state index contributed by atoms with van der Waals surface area (Å²) >= 11 is 0.998. The van der Waals surface area contributed by atoms with Crippen LogP contribution in [-0.4, -0.2) is 47.8 Å². The number of nitrogen functional groups attached to an aromatic ring is 1. The van der Waals surface area contributed by atoms with Crippen LogP contribution in [0.3, 0.4) is 0 Å². The standard InChI is InChI=1S/C23H27F2N7S/c1-13-5-7-16(24)19(11-13)33-31-18-8-6-15(12-17(18)25)22-29-21(27)20(14(2)26)23(30-22)28-9-10-32(3)4/h5-8,11-12,26,31H,9-10H2,1-4H3,(H3,27,28,29,30). The van der Waals surface area contributed by atoms with Crippen LogP contribution in [0.5, 0.6) is 0 Å². The highest BCUT2D eigenvalue weighted by atomic mass is 32.2. The Balaban J connectivity index is 1.85. The van der Waals surface area contributed by atoms with Gasteiger partial charge in [0.1, 0.15) is 23.3 Å². The third kappa shape index (κ3) is 6.17. The zero-order valence-corrected chi connectivity index (χ0v) is 19.8. The number of nitrogens with one attached hydrogen (secondary N) is 3. The molecule has 1 aromatic heterocycles. The average Bonchev–Trinajstić information content (AvgIpc) is 2.74. The third-order valence-corrected chi connectivity index (χ3v) is 5.60. The summed E-state index contributed by atoms with van der Waals surface area (Å²) in [6.07, 6.45) is 0. The van der Waals surface area contributed by atoms with Gasteiger partial charge in [0.25, 0.3) is 0 Å². The molecule has 0 aliphatic heterocycles. The van der Waals surface area contributed by atoms with Gasteiger partial charge in [0.15, 0.2) is 5.82 Å². The number of hydrogen-bond donors (Lipinski definition) is 4. The van der Waals surface area contributed by atoms with Crippen molar-refractivity contribution < 1.29 is 8.78 Å². The lowest BCUT2D eigenvalue weighted by Gasteiger charge is -2.16. The second-order valence-electron chi connectivity index (χ2n) is 7.84. The van der Waals surface area contributed by atoms with Crippen molar-refractivity contribution >= 4 is 35.0 Å². The van der Waals surface area contributed by atoms with Gasteiger partial charge in [-0.15, -0.1) is 0 Å². The first-order valence-corrected chi connectivity index (χ1v) is 11.1. The summed E-state index contributed by atoms with van der Waals surface area (Å²) in [5.41, 5.74) is 8.31. The van der Waals surface area contributed by atoms with Crippen LogP contribution in [-0.2, 0) is 0 Å². The Bertz CT molecular complexity index is 1170. The highest BCUT2D eigenvalue weighted by Gasteiger charge is 2.16. The van der Waals surface area contributed by atoms with Crippen molar-refractivity contribution in [1.29, 1.82) is 5.41 Å². The van der Waals surface area contributed by atoms with Crippen molar-refractivity contribution in [3.8, 4) is 11.4 Å². The van der Waals surface area contributed by atoms with Gasteiger partial charge in [0.2, 0.25) is 0 Å². The highest BCUT2D eigenvalue weighted by Crippen LogP contribution is 2.30. The van der Waals surface area contributed by atoms with E-state index in [-0.39, 0.29) is 28.9 Å². The van der Waals surface area contributed by atoms with Crippen molar-refractivity contribution in [3.63, 3.8) is 0 Å². The molecule has 3 aromatic rings. The molecule has 0 unspecified atom stereocenters. The molecule has 0 radical (unpaired) electrons. The molecule has 0 atom stereocenters. The van der Waals surface area contributed by atoms with Crippen LogP contribution < -0.4 is 15.8 Å². The second kappa shape index (κ2) is 10.6. The molecule has 7 nitrogen and oxygen atoms in total. The van der Waals surface area contributed by atoms with Crippen LogP contribution in [0.4, 0.5) is 26.1 Å². The first kappa shape index (κ1) is 24.4. The quantitative estimate of drug-likeness (QED) is 0.263. The number of nitrogens with zero attached hydrogens (tertiary/aromatic N) is 3. The molecule has 5 N–H and O–H groups in total. The van der Waals surface area contributed by atoms with E-state index in [4.69, 9.17) is 11.1 Å². The molecule has 0 aliphatic rings. The van der Waals surface area contributed by atoms with Crippen LogP contribution >= 0.6 is 11.9 Å². The number of halogens is 2. The van der Waals surface area contributed by atoms with Crippen molar-refractivity contribution in [3.05, 3.63) is 59.2 Å². The van der Waals surface area contributed by atoms with E-state index in [2.05, 4.69) is 20.0 Å². The van der Waals surface area contributed by atoms with Gasteiger partial charge in [0.05, 0.1) is 16.1 Å². The highest BCUT2D eigenvalue weighted by molar-refractivity contribution is 8.00. The van der Waals surface area contributed by atoms with Crippen LogP contribution in [0.25, 0.3) is 11.4 Å². The van der Waals surface area contributed by atoms with Crippen molar-refractivity contribution in [2.24, 2.45) is 0 Å². The van der Waals surface area contributed by atoms with E-state index < -0.39 is 5.82 Å². The molecule has 3 rings (SSSR count). The number of nitrogens with two attached hydrogens (primary N) is 1. The molecule has 0 amide bonds. The van der Waals surface area contributed by atoms with E-state index in [1.54, 1.807) is 31.2 Å². The molecular formula is C23H27F2N7S. The van der Waals surface area contributed by atoms with Crippen LogP contribution in [0.15, 0.2) is 41.3 Å². The Morgan fingerprint density at radius 3 is 2.55 bits per heavy atom. The minimum atomic E-state index is -0.537. The van der Waals surface area contributed by atoms with Gasteiger partial charge in [-0.1, -0.05) is 6.07 Å². The molecular weight excluding hydrogens is 444 g/mol. The molecule has 33 heavy (non-hydrogen) atoms. The largest absolute Gasteiger partial charge is 0.383 e. The van der Waals surface area contributed by atoms with Gasteiger partial charge >= 0.3 is 0 Å². The number of rotatable bonds is 9. The monoisotopic (exact) mass is 471 g/mol. The fourth-order valence-corrected chi connectivity index (χ4v) is 3.83. The summed E-state index contributed by atoms with van der Waals surface area (Å²) in [5, 5.41) is 11.2. The summed E-state index contributed by atoms with van der Waals surface area (Å²) in [5.74, 6) is -0.0971. The smallest absolute Gasteiger partial charge is 0.163 e. The maximum absolute atomic E-state index is 14.8. The lowest BCUT2D eigenvalue weighted by atomic mass is 10.1. The number of likely N-dealkylation sites (N-methyl/N-ethyl adjacent to an activating group) is 1. The van der Waals surface area contributed by atoms with Gasteiger partial charge in [-0.25, -0.2) is 18.7 Å². The Labute approximate surface area is 196 Å². The Kier molecular flexibility index (Phi) is 7.83. The van der Waals surface area contributed by atoms with Crippen LogP contribution in [0.2, 0.25) is 0 Å². The maximum atomic E-state index is 14.8. The minimum absolute atomic E-state index is 0.146. The Hall–Kier alpha value is -3.24. The molecule has 0 fully saturated rings. The summed E-state index contributed by atoms with van der Waals surface area (Å²) in [6, 6.07) is 9.24. The van der Waals surface area contributed by atoms with Gasteiger partial charge in [-0.3, -0.25) is 0 Å². The molecule has 2 aromatic carbocycles. The normalized spacial score (nSPS) is 11.0. The molecule has 174 valence electrons. The number of aromatic nitrogens is 2. The van der Waals surface area contributed by atoms with E-state index in [1.165, 1.54) is 12.1 Å². The average molecular weight is 472 g/mol. The lowest BCUT2D eigenvalue weighted by molar-refractivity contribution is 0.425. The first-order valence-electron chi connectivity index (χ1n) is 10.3. The van der Waals surface area contributed by atoms with E-state index in [1.807, 2.05) is 25.9 Å². The third-order valence-electron chi connectivity index (χ3n) is 4.75. The lowest BCUT2D eigenvalue weighted by Crippen LogP contribution is -2.22. The summed E-state index contributed by atoms with van der Waals surface area (Å²) < 4.78 is 31.6. The fourth-order valence-electron chi connectivity index (χ4n) is 3.04. The van der Waals surface area contributed by atoms with Gasteiger partial charge in [0, 0.05) is 24.4 Å². The van der Waals surface area contributed by atoms with Crippen LogP contribution in [0, 0.1) is 24.0 Å². The number of benzene rings is 2. The molecule has 0 spiro atoms. The maximum Gasteiger partial charge on any atom is 0.163 e. The van der Waals surface area contributed by atoms with Crippen molar-refractivity contribution in [2.45, 2.75) is 18.7 Å². The number of aryl methyl sites for hydroxylation is 1. The first-order chi connectivity index (χ1) is 15.7. The van der Waals surface area contributed by atoms with E-state index >= 15 is 0 Å².